The number of anilines is 1. The Morgan fingerprint density at radius 2 is 1.70 bits per heavy atom. The van der Waals surface area contributed by atoms with Gasteiger partial charge in [0.15, 0.2) is 11.3 Å². The number of hydrogen-bond donors (Lipinski definition) is 2. The molecule has 33 heavy (non-hydrogen) atoms. The molecular weight excluding hydrogens is 442 g/mol. The number of sulfonamides is 1. The Balaban J connectivity index is 1.81. The zero-order valence-corrected chi connectivity index (χ0v) is 18.7. The summed E-state index contributed by atoms with van der Waals surface area (Å²) in [7, 11) is -2.50. The minimum absolute atomic E-state index is 0.0329. The van der Waals surface area contributed by atoms with E-state index in [-0.39, 0.29) is 16.0 Å². The number of carbonyl (C=O) groups excluding carboxylic acids is 1. The highest BCUT2D eigenvalue weighted by Crippen LogP contribution is 2.24. The number of nitrogens with zero attached hydrogens (tertiary/aromatic N) is 1. The number of nitrogens with one attached hydrogen (secondary N) is 2. The maximum Gasteiger partial charge on any atom is 0.276 e. The number of benzene rings is 3. The second-order valence-electron chi connectivity index (χ2n) is 7.18. The summed E-state index contributed by atoms with van der Waals surface area (Å²) >= 11 is 0. The smallest absolute Gasteiger partial charge is 0.276 e. The summed E-state index contributed by atoms with van der Waals surface area (Å²) in [6.45, 7) is 1.85. The highest BCUT2D eigenvalue weighted by Gasteiger charge is 2.17. The molecule has 0 unspecified atom stereocenters. The first-order valence-electron chi connectivity index (χ1n) is 9.97. The van der Waals surface area contributed by atoms with Crippen molar-refractivity contribution in [3.8, 4) is 5.75 Å². The third kappa shape index (κ3) is 4.88. The summed E-state index contributed by atoms with van der Waals surface area (Å²) in [5.41, 5.74) is 1.65. The predicted octanol–water partition coefficient (Wildman–Crippen LogP) is 3.80. The molecule has 1 aromatic heterocycles. The highest BCUT2D eigenvalue weighted by atomic mass is 32.2. The second-order valence-corrected chi connectivity index (χ2v) is 8.84. The van der Waals surface area contributed by atoms with Gasteiger partial charge in [-0.15, -0.1) is 5.10 Å². The van der Waals surface area contributed by atoms with Gasteiger partial charge >= 0.3 is 0 Å². The van der Waals surface area contributed by atoms with E-state index in [1.54, 1.807) is 60.7 Å². The van der Waals surface area contributed by atoms with Crippen LogP contribution in [0.4, 0.5) is 5.69 Å². The Labute approximate surface area is 190 Å². The SMILES string of the molecule is COc1cccc2cc(C(=O)Nc3ccccc3)c(=NNS(=O)(=O)c3ccc(C)cc3)oc12. The van der Waals surface area contributed by atoms with Gasteiger partial charge < -0.3 is 14.5 Å². The highest BCUT2D eigenvalue weighted by molar-refractivity contribution is 7.89. The van der Waals surface area contributed by atoms with Crippen molar-refractivity contribution in [3.63, 3.8) is 0 Å². The van der Waals surface area contributed by atoms with E-state index in [4.69, 9.17) is 9.15 Å². The fourth-order valence-corrected chi connectivity index (χ4v) is 3.93. The normalized spacial score (nSPS) is 11.9. The van der Waals surface area contributed by atoms with Crippen LogP contribution in [0.5, 0.6) is 5.75 Å². The monoisotopic (exact) mass is 463 g/mol. The van der Waals surface area contributed by atoms with Gasteiger partial charge in [-0.2, -0.15) is 13.2 Å². The number of carbonyl (C=O) groups is 1. The Morgan fingerprint density at radius 3 is 2.39 bits per heavy atom. The van der Waals surface area contributed by atoms with Crippen LogP contribution >= 0.6 is 0 Å². The molecule has 2 N–H and O–H groups in total. The third-order valence-corrected chi connectivity index (χ3v) is 6.06. The van der Waals surface area contributed by atoms with Crippen molar-refractivity contribution in [3.05, 3.63) is 95.5 Å². The fourth-order valence-electron chi connectivity index (χ4n) is 3.12. The first-order valence-corrected chi connectivity index (χ1v) is 11.5. The first-order chi connectivity index (χ1) is 15.9. The lowest BCUT2D eigenvalue weighted by molar-refractivity contribution is 0.102. The van der Waals surface area contributed by atoms with Crippen molar-refractivity contribution in [2.45, 2.75) is 11.8 Å². The number of ether oxygens (including phenoxy) is 1. The van der Waals surface area contributed by atoms with Gasteiger partial charge in [-0.1, -0.05) is 48.0 Å². The number of methoxy groups -OCH3 is 1. The number of hydrogen-bond acceptors (Lipinski definition) is 6. The maximum absolute atomic E-state index is 13.0. The van der Waals surface area contributed by atoms with Crippen LogP contribution in [-0.4, -0.2) is 21.4 Å². The average molecular weight is 464 g/mol. The van der Waals surface area contributed by atoms with Crippen LogP contribution in [0.3, 0.4) is 0 Å². The van der Waals surface area contributed by atoms with E-state index in [0.717, 1.165) is 5.56 Å². The van der Waals surface area contributed by atoms with Gasteiger partial charge in [0.2, 0.25) is 5.55 Å². The van der Waals surface area contributed by atoms with E-state index in [1.165, 1.54) is 19.2 Å². The van der Waals surface area contributed by atoms with Crippen LogP contribution in [0.2, 0.25) is 0 Å². The van der Waals surface area contributed by atoms with Crippen LogP contribution < -0.4 is 20.4 Å². The van der Waals surface area contributed by atoms with Gasteiger partial charge in [0, 0.05) is 11.1 Å². The summed E-state index contributed by atoms with van der Waals surface area (Å²) in [4.78, 5) is 15.2. The average Bonchev–Trinajstić information content (AvgIpc) is 2.82. The number of rotatable bonds is 6. The lowest BCUT2D eigenvalue weighted by Gasteiger charge is -2.09. The molecule has 4 aromatic rings. The van der Waals surface area contributed by atoms with Gasteiger partial charge in [-0.3, -0.25) is 4.79 Å². The summed E-state index contributed by atoms with van der Waals surface area (Å²) in [6.07, 6.45) is 0. The standard InChI is InChI=1S/C24H21N3O5S/c1-16-11-13-19(14-12-16)33(29,30)27-26-24-20(23(28)25-18-8-4-3-5-9-18)15-17-7-6-10-21(31-2)22(17)32-24/h3-15,27H,1-2H3,(H,25,28). The molecule has 1 amide bonds. The number of aryl methyl sites for hydroxylation is 1. The van der Waals surface area contributed by atoms with Crippen molar-refractivity contribution >= 4 is 32.6 Å². The minimum Gasteiger partial charge on any atom is -0.493 e. The second kappa shape index (κ2) is 9.17. The quantitative estimate of drug-likeness (QED) is 0.423. The summed E-state index contributed by atoms with van der Waals surface area (Å²) in [5.74, 6) is -0.0942. The summed E-state index contributed by atoms with van der Waals surface area (Å²) in [6, 6.07) is 21.9. The molecule has 0 aliphatic carbocycles. The van der Waals surface area contributed by atoms with Gasteiger partial charge in [0.1, 0.15) is 5.56 Å². The lowest BCUT2D eigenvalue weighted by atomic mass is 10.1. The van der Waals surface area contributed by atoms with Crippen LogP contribution in [0.15, 0.2) is 93.3 Å². The number of fused-ring (bicyclic) bond motifs is 1. The van der Waals surface area contributed by atoms with Crippen LogP contribution in [0, 0.1) is 6.92 Å². The van der Waals surface area contributed by atoms with Crippen molar-refractivity contribution in [2.24, 2.45) is 5.10 Å². The summed E-state index contributed by atoms with van der Waals surface area (Å²) in [5, 5.41) is 7.29. The molecule has 0 aliphatic heterocycles. The third-order valence-electron chi connectivity index (χ3n) is 4.83. The van der Waals surface area contributed by atoms with E-state index in [0.29, 0.717) is 22.4 Å². The Hall–Kier alpha value is -4.11. The zero-order chi connectivity index (χ0) is 23.4. The van der Waals surface area contributed by atoms with Gasteiger partial charge in [0.05, 0.1) is 12.0 Å². The first kappa shape index (κ1) is 22.1. The Morgan fingerprint density at radius 1 is 0.970 bits per heavy atom. The molecule has 9 heteroatoms. The Bertz CT molecular complexity index is 1480. The van der Waals surface area contributed by atoms with Crippen molar-refractivity contribution in [2.75, 3.05) is 12.4 Å². The predicted molar refractivity (Wildman–Crippen MR) is 124 cm³/mol. The van der Waals surface area contributed by atoms with Crippen LogP contribution in [0.1, 0.15) is 15.9 Å². The van der Waals surface area contributed by atoms with E-state index in [1.807, 2.05) is 13.0 Å². The molecule has 0 radical (unpaired) electrons. The summed E-state index contributed by atoms with van der Waals surface area (Å²) < 4.78 is 36.6. The van der Waals surface area contributed by atoms with E-state index >= 15 is 0 Å². The van der Waals surface area contributed by atoms with Gasteiger partial charge in [-0.25, -0.2) is 0 Å². The van der Waals surface area contributed by atoms with Crippen LogP contribution in [-0.2, 0) is 10.0 Å². The fraction of sp³-hybridized carbons (Fsp3) is 0.0833. The Kier molecular flexibility index (Phi) is 6.14. The molecule has 8 nitrogen and oxygen atoms in total. The molecular formula is C24H21N3O5S. The van der Waals surface area contributed by atoms with Gasteiger partial charge in [-0.05, 0) is 43.3 Å². The van der Waals surface area contributed by atoms with Crippen molar-refractivity contribution in [1.29, 1.82) is 0 Å². The minimum atomic E-state index is -3.99. The molecule has 0 atom stereocenters. The zero-order valence-electron chi connectivity index (χ0n) is 17.9. The van der Waals surface area contributed by atoms with Crippen molar-refractivity contribution < 1.29 is 22.4 Å². The number of amides is 1. The van der Waals surface area contributed by atoms with E-state index in [2.05, 4.69) is 15.2 Å². The van der Waals surface area contributed by atoms with E-state index < -0.39 is 15.9 Å². The largest absolute Gasteiger partial charge is 0.493 e. The van der Waals surface area contributed by atoms with Crippen LogP contribution in [0.25, 0.3) is 11.0 Å². The molecule has 0 saturated heterocycles. The molecule has 0 bridgehead atoms. The molecule has 1 heterocycles. The lowest BCUT2D eigenvalue weighted by Crippen LogP contribution is -2.27. The van der Waals surface area contributed by atoms with Crippen molar-refractivity contribution in [1.82, 2.24) is 4.83 Å². The molecule has 0 fully saturated rings. The van der Waals surface area contributed by atoms with Gasteiger partial charge in [0.25, 0.3) is 15.9 Å². The molecule has 168 valence electrons. The molecule has 4 rings (SSSR count). The molecule has 0 spiro atoms. The molecule has 0 aliphatic rings. The number of para-hydroxylation sites is 2. The topological polar surface area (TPSA) is 110 Å². The molecule has 3 aromatic carbocycles. The molecule has 0 saturated carbocycles. The maximum atomic E-state index is 13.0. The van der Waals surface area contributed by atoms with E-state index in [9.17, 15) is 13.2 Å².